The van der Waals surface area contributed by atoms with Gasteiger partial charge in [0.15, 0.2) is 5.57 Å². The van der Waals surface area contributed by atoms with E-state index in [4.69, 9.17) is 11.0 Å². The largest absolute Gasteiger partial charge is 0.465 e. The third kappa shape index (κ3) is 2.18. The number of esters is 1. The number of ether oxygens (including phenoxy) is 1. The van der Waals surface area contributed by atoms with Crippen LogP contribution in [-0.4, -0.2) is 20.1 Å². The van der Waals surface area contributed by atoms with Crippen LogP contribution in [0.5, 0.6) is 0 Å². The van der Waals surface area contributed by atoms with Crippen LogP contribution >= 0.6 is 0 Å². The molecule has 0 spiro atoms. The SMILES string of the molecule is CNC(N)=C(C#N)C(=O)OC. The predicted octanol–water partition coefficient (Wildman–Crippen LogP) is -0.927. The molecule has 0 saturated carbocycles. The Morgan fingerprint density at radius 2 is 2.27 bits per heavy atom. The molecule has 5 nitrogen and oxygen atoms in total. The lowest BCUT2D eigenvalue weighted by atomic mass is 10.3. The summed E-state index contributed by atoms with van der Waals surface area (Å²) in [6, 6.07) is 1.62. The fraction of sp³-hybridized carbons (Fsp3) is 0.333. The number of carbonyl (C=O) groups is 1. The summed E-state index contributed by atoms with van der Waals surface area (Å²) in [7, 11) is 2.69. The summed E-state index contributed by atoms with van der Waals surface area (Å²) in [4.78, 5) is 10.7. The summed E-state index contributed by atoms with van der Waals surface area (Å²) < 4.78 is 4.29. The first-order valence-corrected chi connectivity index (χ1v) is 2.83. The lowest BCUT2D eigenvalue weighted by Gasteiger charge is -2.01. The van der Waals surface area contributed by atoms with Crippen molar-refractivity contribution in [3.63, 3.8) is 0 Å². The van der Waals surface area contributed by atoms with E-state index >= 15 is 0 Å². The van der Waals surface area contributed by atoms with Crippen molar-refractivity contribution in [2.45, 2.75) is 0 Å². The highest BCUT2D eigenvalue weighted by atomic mass is 16.5. The smallest absolute Gasteiger partial charge is 0.352 e. The van der Waals surface area contributed by atoms with Gasteiger partial charge in [-0.2, -0.15) is 5.26 Å². The maximum atomic E-state index is 10.7. The highest BCUT2D eigenvalue weighted by molar-refractivity contribution is 5.93. The second-order valence-corrected chi connectivity index (χ2v) is 1.64. The van der Waals surface area contributed by atoms with Crippen LogP contribution in [0.4, 0.5) is 0 Å². The van der Waals surface area contributed by atoms with E-state index in [1.807, 2.05) is 0 Å². The molecule has 0 amide bonds. The van der Waals surface area contributed by atoms with Crippen molar-refractivity contribution in [2.75, 3.05) is 14.2 Å². The molecule has 5 heteroatoms. The number of rotatable bonds is 2. The first-order chi connectivity index (χ1) is 5.17. The van der Waals surface area contributed by atoms with Gasteiger partial charge in [0.05, 0.1) is 7.11 Å². The van der Waals surface area contributed by atoms with Crippen LogP contribution in [-0.2, 0) is 9.53 Å². The molecule has 0 bridgehead atoms. The summed E-state index contributed by atoms with van der Waals surface area (Å²) in [6.45, 7) is 0. The number of carbonyl (C=O) groups excluding carboxylic acids is 1. The number of nitriles is 1. The number of nitrogens with two attached hydrogens (primary N) is 1. The molecule has 0 aromatic rings. The summed E-state index contributed by atoms with van der Waals surface area (Å²) in [5.74, 6) is -0.723. The number of nitrogens with zero attached hydrogens (tertiary/aromatic N) is 1. The Balaban J connectivity index is 4.69. The number of nitrogens with one attached hydrogen (secondary N) is 1. The van der Waals surface area contributed by atoms with E-state index in [0.717, 1.165) is 0 Å². The normalized spacial score (nSPS) is 11.0. The molecule has 0 atom stereocenters. The Labute approximate surface area is 64.4 Å². The Hall–Kier alpha value is -1.70. The van der Waals surface area contributed by atoms with Gasteiger partial charge in [0.1, 0.15) is 11.9 Å². The highest BCUT2D eigenvalue weighted by Gasteiger charge is 2.12. The van der Waals surface area contributed by atoms with Gasteiger partial charge in [-0.1, -0.05) is 0 Å². The number of methoxy groups -OCH3 is 1. The molecule has 0 radical (unpaired) electrons. The molecule has 0 heterocycles. The van der Waals surface area contributed by atoms with Gasteiger partial charge in [0.25, 0.3) is 0 Å². The van der Waals surface area contributed by atoms with Crippen molar-refractivity contribution in [1.82, 2.24) is 5.32 Å². The van der Waals surface area contributed by atoms with Gasteiger partial charge in [-0.3, -0.25) is 0 Å². The van der Waals surface area contributed by atoms with E-state index < -0.39 is 5.97 Å². The minimum absolute atomic E-state index is 0.0133. The molecule has 11 heavy (non-hydrogen) atoms. The molecule has 0 aliphatic carbocycles. The third-order valence-corrected chi connectivity index (χ3v) is 1.04. The van der Waals surface area contributed by atoms with Gasteiger partial charge in [-0.15, -0.1) is 0 Å². The minimum Gasteiger partial charge on any atom is -0.465 e. The lowest BCUT2D eigenvalue weighted by Crippen LogP contribution is -2.21. The average Bonchev–Trinajstić information content (AvgIpc) is 2.05. The molecule has 3 N–H and O–H groups in total. The summed E-state index contributed by atoms with van der Waals surface area (Å²) in [5.41, 5.74) is 5.04. The first-order valence-electron chi connectivity index (χ1n) is 2.83. The number of hydrogen-bond acceptors (Lipinski definition) is 5. The van der Waals surface area contributed by atoms with Crippen molar-refractivity contribution >= 4 is 5.97 Å². The predicted molar refractivity (Wildman–Crippen MR) is 37.9 cm³/mol. The van der Waals surface area contributed by atoms with Crippen molar-refractivity contribution in [3.8, 4) is 6.07 Å². The Morgan fingerprint density at radius 3 is 2.55 bits per heavy atom. The molecule has 0 unspecified atom stereocenters. The summed E-state index contributed by atoms with van der Waals surface area (Å²) >= 11 is 0. The monoisotopic (exact) mass is 155 g/mol. The Morgan fingerprint density at radius 1 is 1.73 bits per heavy atom. The molecule has 0 rings (SSSR count). The van der Waals surface area contributed by atoms with Crippen LogP contribution in [0, 0.1) is 11.3 Å². The van der Waals surface area contributed by atoms with Crippen LogP contribution in [0.15, 0.2) is 11.4 Å². The maximum absolute atomic E-state index is 10.7. The van der Waals surface area contributed by atoms with E-state index in [-0.39, 0.29) is 11.4 Å². The van der Waals surface area contributed by atoms with Crippen LogP contribution in [0.2, 0.25) is 0 Å². The quantitative estimate of drug-likeness (QED) is 0.305. The van der Waals surface area contributed by atoms with Crippen LogP contribution in [0.3, 0.4) is 0 Å². The fourth-order valence-electron chi connectivity index (χ4n) is 0.443. The molecule has 0 fully saturated rings. The zero-order valence-electron chi connectivity index (χ0n) is 6.34. The van der Waals surface area contributed by atoms with Gasteiger partial charge in [0.2, 0.25) is 0 Å². The van der Waals surface area contributed by atoms with Crippen molar-refractivity contribution < 1.29 is 9.53 Å². The zero-order chi connectivity index (χ0) is 8.85. The van der Waals surface area contributed by atoms with Gasteiger partial charge in [0, 0.05) is 7.05 Å². The van der Waals surface area contributed by atoms with E-state index in [0.29, 0.717) is 0 Å². The van der Waals surface area contributed by atoms with Crippen molar-refractivity contribution in [2.24, 2.45) is 5.73 Å². The molecular formula is C6H9N3O2. The molecule has 0 aromatic carbocycles. The lowest BCUT2D eigenvalue weighted by molar-refractivity contribution is -0.135. The van der Waals surface area contributed by atoms with Crippen molar-refractivity contribution in [3.05, 3.63) is 11.4 Å². The summed E-state index contributed by atoms with van der Waals surface area (Å²) in [6.07, 6.45) is 0. The third-order valence-electron chi connectivity index (χ3n) is 1.04. The Kier molecular flexibility index (Phi) is 3.52. The topological polar surface area (TPSA) is 88.1 Å². The second-order valence-electron chi connectivity index (χ2n) is 1.64. The first kappa shape index (κ1) is 9.30. The molecular weight excluding hydrogens is 146 g/mol. The molecule has 60 valence electrons. The standard InChI is InChI=1S/C6H9N3O2/c1-9-5(8)4(3-7)6(10)11-2/h9H,8H2,1-2H3. The molecule has 0 aliphatic heterocycles. The minimum atomic E-state index is -0.737. The van der Waals surface area contributed by atoms with Gasteiger partial charge >= 0.3 is 5.97 Å². The van der Waals surface area contributed by atoms with Gasteiger partial charge < -0.3 is 15.8 Å². The van der Waals surface area contributed by atoms with Crippen LogP contribution in [0.1, 0.15) is 0 Å². The average molecular weight is 155 g/mol. The van der Waals surface area contributed by atoms with Crippen LogP contribution in [0.25, 0.3) is 0 Å². The Bertz CT molecular complexity index is 226. The van der Waals surface area contributed by atoms with Gasteiger partial charge in [-0.25, -0.2) is 4.79 Å². The fourth-order valence-corrected chi connectivity index (χ4v) is 0.443. The maximum Gasteiger partial charge on any atom is 0.352 e. The molecule has 0 aliphatic rings. The second kappa shape index (κ2) is 4.17. The van der Waals surface area contributed by atoms with Crippen LogP contribution < -0.4 is 11.1 Å². The van der Waals surface area contributed by atoms with E-state index in [9.17, 15) is 4.79 Å². The molecule has 0 saturated heterocycles. The summed E-state index contributed by atoms with van der Waals surface area (Å²) in [5, 5.41) is 10.9. The molecule has 0 aromatic heterocycles. The number of hydrogen-bond donors (Lipinski definition) is 2. The van der Waals surface area contributed by atoms with Gasteiger partial charge in [-0.05, 0) is 0 Å². The van der Waals surface area contributed by atoms with E-state index in [2.05, 4.69) is 10.1 Å². The highest BCUT2D eigenvalue weighted by Crippen LogP contribution is 1.96. The zero-order valence-corrected chi connectivity index (χ0v) is 6.34. The van der Waals surface area contributed by atoms with E-state index in [1.165, 1.54) is 14.2 Å². The van der Waals surface area contributed by atoms with E-state index in [1.54, 1.807) is 6.07 Å². The van der Waals surface area contributed by atoms with Crippen molar-refractivity contribution in [1.29, 1.82) is 5.26 Å².